The van der Waals surface area contributed by atoms with Crippen molar-refractivity contribution in [2.75, 3.05) is 0 Å². The third-order valence-corrected chi connectivity index (χ3v) is 6.24. The maximum absolute atomic E-state index is 4.98. The van der Waals surface area contributed by atoms with E-state index in [-0.39, 0.29) is 0 Å². The zero-order valence-corrected chi connectivity index (χ0v) is 16.5. The Balaban J connectivity index is 1.60. The summed E-state index contributed by atoms with van der Waals surface area (Å²) in [6.07, 6.45) is 9.64. The van der Waals surface area contributed by atoms with Crippen molar-refractivity contribution in [1.82, 2.24) is 24.3 Å². The Morgan fingerprint density at radius 3 is 2.88 bits per heavy atom. The average molecular weight is 412 g/mol. The van der Waals surface area contributed by atoms with Crippen molar-refractivity contribution in [3.05, 3.63) is 46.2 Å². The van der Waals surface area contributed by atoms with Crippen LogP contribution in [0.5, 0.6) is 0 Å². The Morgan fingerprint density at radius 1 is 1.19 bits per heavy atom. The monoisotopic (exact) mass is 411 g/mol. The lowest BCUT2D eigenvalue weighted by Crippen LogP contribution is -2.11. The number of aryl methyl sites for hydroxylation is 1. The van der Waals surface area contributed by atoms with Gasteiger partial charge in [-0.2, -0.15) is 5.10 Å². The number of nitrogens with zero attached hydrogens (tertiary/aromatic N) is 5. The van der Waals surface area contributed by atoms with E-state index in [0.717, 1.165) is 45.4 Å². The first-order valence-electron chi connectivity index (χ1n) is 9.46. The highest BCUT2D eigenvalue weighted by atomic mass is 79.9. The van der Waals surface area contributed by atoms with Gasteiger partial charge in [-0.1, -0.05) is 48.0 Å². The molecule has 0 unspecified atom stereocenters. The van der Waals surface area contributed by atoms with Crippen molar-refractivity contribution in [3.8, 4) is 17.1 Å². The minimum absolute atomic E-state index is 0.713. The fraction of sp³-hybridized carbons (Fsp3) is 0.450. The van der Waals surface area contributed by atoms with E-state index in [1.807, 2.05) is 6.33 Å². The van der Waals surface area contributed by atoms with Crippen LogP contribution in [0, 0.1) is 12.8 Å². The molecular weight excluding hydrogens is 390 g/mol. The third-order valence-electron chi connectivity index (χ3n) is 5.75. The van der Waals surface area contributed by atoms with E-state index >= 15 is 0 Å². The molecule has 26 heavy (non-hydrogen) atoms. The summed E-state index contributed by atoms with van der Waals surface area (Å²) in [7, 11) is 0. The molecule has 134 valence electrons. The second kappa shape index (κ2) is 6.34. The van der Waals surface area contributed by atoms with Crippen LogP contribution in [-0.4, -0.2) is 24.3 Å². The number of halogens is 1. The molecule has 2 aromatic heterocycles. The van der Waals surface area contributed by atoms with Crippen LogP contribution in [0.25, 0.3) is 17.1 Å². The predicted octanol–water partition coefficient (Wildman–Crippen LogP) is 4.69. The Morgan fingerprint density at radius 2 is 2.04 bits per heavy atom. The van der Waals surface area contributed by atoms with Crippen LogP contribution >= 0.6 is 15.9 Å². The number of hydrogen-bond acceptors (Lipinski definition) is 3. The van der Waals surface area contributed by atoms with Crippen molar-refractivity contribution in [2.24, 2.45) is 5.92 Å². The molecule has 0 N–H and O–H groups in total. The number of benzene rings is 1. The lowest BCUT2D eigenvalue weighted by molar-refractivity contribution is 0.351. The SMILES string of the molecule is Cc1ncn2c1Cn1nc(CC3CCCCC3)nc1-c1cc(Br)ccc1-2. The van der Waals surface area contributed by atoms with Crippen LogP contribution in [0.2, 0.25) is 0 Å². The summed E-state index contributed by atoms with van der Waals surface area (Å²) in [6.45, 7) is 2.78. The molecular formula is C20H22BrN5. The highest BCUT2D eigenvalue weighted by molar-refractivity contribution is 9.10. The van der Waals surface area contributed by atoms with Crippen molar-refractivity contribution in [1.29, 1.82) is 0 Å². The summed E-state index contributed by atoms with van der Waals surface area (Å²) in [5.41, 5.74) is 4.47. The van der Waals surface area contributed by atoms with Gasteiger partial charge in [0.1, 0.15) is 0 Å². The fourth-order valence-electron chi connectivity index (χ4n) is 4.33. The molecule has 1 aliphatic carbocycles. The maximum atomic E-state index is 4.98. The van der Waals surface area contributed by atoms with E-state index in [4.69, 9.17) is 10.1 Å². The van der Waals surface area contributed by atoms with Crippen LogP contribution in [0.1, 0.15) is 49.3 Å². The van der Waals surface area contributed by atoms with E-state index in [1.165, 1.54) is 37.8 Å². The van der Waals surface area contributed by atoms with Gasteiger partial charge in [0, 0.05) is 16.5 Å². The van der Waals surface area contributed by atoms with Gasteiger partial charge in [0.25, 0.3) is 0 Å². The number of hydrogen-bond donors (Lipinski definition) is 0. The Bertz CT molecular complexity index is 965. The van der Waals surface area contributed by atoms with Gasteiger partial charge in [-0.25, -0.2) is 14.6 Å². The molecule has 6 heteroatoms. The van der Waals surface area contributed by atoms with Gasteiger partial charge in [0.05, 0.1) is 29.9 Å². The van der Waals surface area contributed by atoms with Gasteiger partial charge in [-0.15, -0.1) is 0 Å². The summed E-state index contributed by atoms with van der Waals surface area (Å²) < 4.78 is 5.30. The molecule has 2 aliphatic rings. The first-order valence-corrected chi connectivity index (χ1v) is 10.2. The number of aromatic nitrogens is 5. The van der Waals surface area contributed by atoms with Crippen LogP contribution in [-0.2, 0) is 13.0 Å². The highest BCUT2D eigenvalue weighted by Crippen LogP contribution is 2.34. The Kier molecular flexibility index (Phi) is 3.96. The third kappa shape index (κ3) is 2.71. The fourth-order valence-corrected chi connectivity index (χ4v) is 4.70. The van der Waals surface area contributed by atoms with Gasteiger partial charge in [0.2, 0.25) is 0 Å². The maximum Gasteiger partial charge on any atom is 0.160 e. The molecule has 0 spiro atoms. The molecule has 1 aromatic carbocycles. The first kappa shape index (κ1) is 16.2. The standard InChI is InChI=1S/C20H22BrN5/c1-13-18-11-26-20(23-19(24-26)9-14-5-3-2-4-6-14)16-10-15(21)7-8-17(16)25(18)12-22-13/h7-8,10,12,14H,2-6,9,11H2,1H3. The smallest absolute Gasteiger partial charge is 0.160 e. The normalized spacial score (nSPS) is 16.7. The molecule has 0 bridgehead atoms. The largest absolute Gasteiger partial charge is 0.300 e. The molecule has 1 saturated carbocycles. The minimum atomic E-state index is 0.713. The van der Waals surface area contributed by atoms with Crippen LogP contribution in [0.15, 0.2) is 29.0 Å². The number of imidazole rings is 1. The second-order valence-corrected chi connectivity index (χ2v) is 8.44. The van der Waals surface area contributed by atoms with Crippen molar-refractivity contribution >= 4 is 15.9 Å². The van der Waals surface area contributed by atoms with Gasteiger partial charge >= 0.3 is 0 Å². The molecule has 1 fully saturated rings. The molecule has 0 saturated heterocycles. The zero-order chi connectivity index (χ0) is 17.7. The topological polar surface area (TPSA) is 48.5 Å². The molecule has 5 rings (SSSR count). The van der Waals surface area contributed by atoms with E-state index in [2.05, 4.69) is 55.3 Å². The van der Waals surface area contributed by atoms with Gasteiger partial charge < -0.3 is 4.57 Å². The number of fused-ring (bicyclic) bond motifs is 5. The molecule has 0 amide bonds. The quantitative estimate of drug-likeness (QED) is 0.480. The number of rotatable bonds is 2. The van der Waals surface area contributed by atoms with Crippen molar-refractivity contribution in [2.45, 2.75) is 52.0 Å². The van der Waals surface area contributed by atoms with Gasteiger partial charge in [-0.05, 0) is 31.0 Å². The van der Waals surface area contributed by atoms with Crippen molar-refractivity contribution < 1.29 is 0 Å². The molecule has 0 atom stereocenters. The molecule has 3 heterocycles. The predicted molar refractivity (Wildman–Crippen MR) is 104 cm³/mol. The molecule has 3 aromatic rings. The zero-order valence-electron chi connectivity index (χ0n) is 15.0. The van der Waals surface area contributed by atoms with Gasteiger partial charge in [-0.3, -0.25) is 0 Å². The van der Waals surface area contributed by atoms with Gasteiger partial charge in [0.15, 0.2) is 11.6 Å². The van der Waals surface area contributed by atoms with Crippen molar-refractivity contribution in [3.63, 3.8) is 0 Å². The lowest BCUT2D eigenvalue weighted by Gasteiger charge is -2.19. The molecule has 5 nitrogen and oxygen atoms in total. The molecule has 1 aliphatic heterocycles. The van der Waals surface area contributed by atoms with Crippen LogP contribution in [0.3, 0.4) is 0 Å². The summed E-state index contributed by atoms with van der Waals surface area (Å²) in [4.78, 5) is 9.50. The van der Waals surface area contributed by atoms with E-state index in [1.54, 1.807) is 0 Å². The lowest BCUT2D eigenvalue weighted by atomic mass is 9.87. The van der Waals surface area contributed by atoms with Crippen LogP contribution < -0.4 is 0 Å². The minimum Gasteiger partial charge on any atom is -0.300 e. The summed E-state index contributed by atoms with van der Waals surface area (Å²) >= 11 is 3.62. The highest BCUT2D eigenvalue weighted by Gasteiger charge is 2.25. The van der Waals surface area contributed by atoms with E-state index in [9.17, 15) is 0 Å². The van der Waals surface area contributed by atoms with E-state index < -0.39 is 0 Å². The average Bonchev–Trinajstić information content (AvgIpc) is 3.17. The summed E-state index contributed by atoms with van der Waals surface area (Å²) in [5.74, 6) is 2.70. The molecule has 0 radical (unpaired) electrons. The Hall–Kier alpha value is -1.95. The Labute approximate surface area is 161 Å². The first-order chi connectivity index (χ1) is 12.7. The van der Waals surface area contributed by atoms with E-state index in [0.29, 0.717) is 6.54 Å². The second-order valence-electron chi connectivity index (χ2n) is 7.53. The summed E-state index contributed by atoms with van der Waals surface area (Å²) in [6, 6.07) is 6.35. The van der Waals surface area contributed by atoms with Crippen LogP contribution in [0.4, 0.5) is 0 Å². The summed E-state index contributed by atoms with van der Waals surface area (Å²) in [5, 5.41) is 4.90.